The first-order chi connectivity index (χ1) is 8.38. The van der Waals surface area contributed by atoms with Crippen LogP contribution in [0.2, 0.25) is 0 Å². The molecule has 1 aromatic carbocycles. The van der Waals surface area contributed by atoms with Gasteiger partial charge in [-0.05, 0) is 23.6 Å². The first-order valence-electron chi connectivity index (χ1n) is 5.66. The SMILES string of the molecule is OCCc1nccc2cc3c(cc12)OCCO3. The number of hydrogen-bond acceptors (Lipinski definition) is 4. The number of ether oxygens (including phenoxy) is 2. The zero-order valence-electron chi connectivity index (χ0n) is 9.35. The zero-order chi connectivity index (χ0) is 11.7. The van der Waals surface area contributed by atoms with E-state index in [2.05, 4.69) is 4.98 Å². The molecule has 1 N–H and O–H groups in total. The monoisotopic (exact) mass is 231 g/mol. The summed E-state index contributed by atoms with van der Waals surface area (Å²) in [6.45, 7) is 1.27. The maximum atomic E-state index is 9.02. The Kier molecular flexibility index (Phi) is 2.57. The second kappa shape index (κ2) is 4.22. The molecule has 4 heteroatoms. The highest BCUT2D eigenvalue weighted by Gasteiger charge is 2.14. The minimum Gasteiger partial charge on any atom is -0.486 e. The summed E-state index contributed by atoms with van der Waals surface area (Å²) in [6.07, 6.45) is 2.31. The molecule has 0 aliphatic carbocycles. The number of pyridine rings is 1. The fourth-order valence-electron chi connectivity index (χ4n) is 2.07. The standard InChI is InChI=1S/C13H13NO3/c15-4-2-11-10-8-13-12(16-5-6-17-13)7-9(10)1-3-14-11/h1,3,7-8,15H,2,4-6H2. The second-order valence-corrected chi connectivity index (χ2v) is 3.95. The molecule has 0 atom stereocenters. The van der Waals surface area contributed by atoms with Crippen molar-refractivity contribution in [1.82, 2.24) is 4.98 Å². The van der Waals surface area contributed by atoms with Gasteiger partial charge in [-0.2, -0.15) is 0 Å². The molecule has 2 aromatic rings. The summed E-state index contributed by atoms with van der Waals surface area (Å²) in [5, 5.41) is 11.1. The zero-order valence-corrected chi connectivity index (χ0v) is 9.35. The highest BCUT2D eigenvalue weighted by atomic mass is 16.6. The second-order valence-electron chi connectivity index (χ2n) is 3.95. The smallest absolute Gasteiger partial charge is 0.162 e. The average Bonchev–Trinajstić information content (AvgIpc) is 2.37. The lowest BCUT2D eigenvalue weighted by Gasteiger charge is -2.19. The third-order valence-corrected chi connectivity index (χ3v) is 2.86. The molecule has 0 bridgehead atoms. The molecule has 0 unspecified atom stereocenters. The van der Waals surface area contributed by atoms with Crippen molar-refractivity contribution >= 4 is 10.8 Å². The van der Waals surface area contributed by atoms with Crippen LogP contribution in [0.1, 0.15) is 5.69 Å². The predicted molar refractivity (Wildman–Crippen MR) is 63.5 cm³/mol. The van der Waals surface area contributed by atoms with Gasteiger partial charge in [-0.25, -0.2) is 0 Å². The summed E-state index contributed by atoms with van der Waals surface area (Å²) in [4.78, 5) is 4.29. The van der Waals surface area contributed by atoms with Gasteiger partial charge in [-0.3, -0.25) is 4.98 Å². The van der Waals surface area contributed by atoms with Crippen LogP contribution < -0.4 is 9.47 Å². The number of aliphatic hydroxyl groups is 1. The quantitative estimate of drug-likeness (QED) is 0.851. The molecular weight excluding hydrogens is 218 g/mol. The number of fused-ring (bicyclic) bond motifs is 2. The van der Waals surface area contributed by atoms with E-state index in [4.69, 9.17) is 14.6 Å². The topological polar surface area (TPSA) is 51.6 Å². The van der Waals surface area contributed by atoms with Crippen LogP contribution in [0.4, 0.5) is 0 Å². The predicted octanol–water partition coefficient (Wildman–Crippen LogP) is 1.54. The Morgan fingerprint density at radius 3 is 2.71 bits per heavy atom. The normalized spacial score (nSPS) is 13.9. The Morgan fingerprint density at radius 2 is 1.94 bits per heavy atom. The van der Waals surface area contributed by atoms with Gasteiger partial charge in [-0.1, -0.05) is 0 Å². The van der Waals surface area contributed by atoms with Crippen molar-refractivity contribution < 1.29 is 14.6 Å². The van der Waals surface area contributed by atoms with Crippen molar-refractivity contribution in [2.24, 2.45) is 0 Å². The van der Waals surface area contributed by atoms with Gasteiger partial charge < -0.3 is 14.6 Å². The number of benzene rings is 1. The Hall–Kier alpha value is -1.81. The van der Waals surface area contributed by atoms with Crippen LogP contribution in [0, 0.1) is 0 Å². The van der Waals surface area contributed by atoms with E-state index in [1.54, 1.807) is 6.20 Å². The summed E-state index contributed by atoms with van der Waals surface area (Å²) in [7, 11) is 0. The molecule has 1 aliphatic rings. The summed E-state index contributed by atoms with van der Waals surface area (Å²) >= 11 is 0. The molecule has 0 radical (unpaired) electrons. The van der Waals surface area contributed by atoms with Gasteiger partial charge in [0.25, 0.3) is 0 Å². The van der Waals surface area contributed by atoms with Crippen LogP contribution in [0.3, 0.4) is 0 Å². The van der Waals surface area contributed by atoms with Crippen LogP contribution in [0.5, 0.6) is 11.5 Å². The van der Waals surface area contributed by atoms with Gasteiger partial charge in [0.05, 0.1) is 5.69 Å². The molecule has 0 spiro atoms. The van der Waals surface area contributed by atoms with E-state index in [-0.39, 0.29) is 6.61 Å². The van der Waals surface area contributed by atoms with Gasteiger partial charge in [-0.15, -0.1) is 0 Å². The van der Waals surface area contributed by atoms with Crippen LogP contribution in [-0.4, -0.2) is 29.9 Å². The molecule has 17 heavy (non-hydrogen) atoms. The largest absolute Gasteiger partial charge is 0.486 e. The summed E-state index contributed by atoms with van der Waals surface area (Å²) in [5.74, 6) is 1.54. The van der Waals surface area contributed by atoms with Gasteiger partial charge in [0.2, 0.25) is 0 Å². The van der Waals surface area contributed by atoms with E-state index in [1.165, 1.54) is 0 Å². The summed E-state index contributed by atoms with van der Waals surface area (Å²) in [6, 6.07) is 5.85. The molecule has 0 saturated heterocycles. The van der Waals surface area contributed by atoms with Gasteiger partial charge in [0.15, 0.2) is 11.5 Å². The number of hydrogen-bond donors (Lipinski definition) is 1. The molecule has 0 saturated carbocycles. The minimum absolute atomic E-state index is 0.0978. The van der Waals surface area contributed by atoms with Crippen LogP contribution in [-0.2, 0) is 6.42 Å². The Labute approximate surface area is 98.8 Å². The Morgan fingerprint density at radius 1 is 1.18 bits per heavy atom. The van der Waals surface area contributed by atoms with Crippen molar-refractivity contribution in [2.75, 3.05) is 19.8 Å². The summed E-state index contributed by atoms with van der Waals surface area (Å²) < 4.78 is 11.1. The third-order valence-electron chi connectivity index (χ3n) is 2.86. The fraction of sp³-hybridized carbons (Fsp3) is 0.308. The molecule has 0 fully saturated rings. The van der Waals surface area contributed by atoms with Gasteiger partial charge in [0.1, 0.15) is 13.2 Å². The number of aromatic nitrogens is 1. The Balaban J connectivity index is 2.19. The molecule has 4 nitrogen and oxygen atoms in total. The maximum Gasteiger partial charge on any atom is 0.162 e. The van der Waals surface area contributed by atoms with Crippen molar-refractivity contribution in [1.29, 1.82) is 0 Å². The molecular formula is C13H13NO3. The maximum absolute atomic E-state index is 9.02. The first kappa shape index (κ1) is 10.4. The van der Waals surface area contributed by atoms with Crippen molar-refractivity contribution in [3.8, 4) is 11.5 Å². The average molecular weight is 231 g/mol. The number of rotatable bonds is 2. The van der Waals surface area contributed by atoms with Gasteiger partial charge >= 0.3 is 0 Å². The molecule has 1 aliphatic heterocycles. The molecule has 2 heterocycles. The van der Waals surface area contributed by atoms with Crippen LogP contribution in [0.15, 0.2) is 24.4 Å². The van der Waals surface area contributed by atoms with E-state index in [1.807, 2.05) is 18.2 Å². The summed E-state index contributed by atoms with van der Waals surface area (Å²) in [5.41, 5.74) is 0.891. The molecule has 3 rings (SSSR count). The van der Waals surface area contributed by atoms with Crippen molar-refractivity contribution in [3.05, 3.63) is 30.1 Å². The highest BCUT2D eigenvalue weighted by Crippen LogP contribution is 2.35. The van der Waals surface area contributed by atoms with E-state index in [9.17, 15) is 0 Å². The van der Waals surface area contributed by atoms with E-state index >= 15 is 0 Å². The molecule has 1 aromatic heterocycles. The lowest BCUT2D eigenvalue weighted by atomic mass is 10.1. The number of nitrogens with zero attached hydrogens (tertiary/aromatic N) is 1. The van der Waals surface area contributed by atoms with Gasteiger partial charge in [0, 0.05) is 24.6 Å². The lowest BCUT2D eigenvalue weighted by molar-refractivity contribution is 0.172. The van der Waals surface area contributed by atoms with E-state index in [0.717, 1.165) is 28.0 Å². The third kappa shape index (κ3) is 1.80. The van der Waals surface area contributed by atoms with Crippen LogP contribution >= 0.6 is 0 Å². The molecule has 88 valence electrons. The number of aliphatic hydroxyl groups excluding tert-OH is 1. The first-order valence-corrected chi connectivity index (χ1v) is 5.66. The highest BCUT2D eigenvalue weighted by molar-refractivity contribution is 5.88. The van der Waals surface area contributed by atoms with Crippen LogP contribution in [0.25, 0.3) is 10.8 Å². The van der Waals surface area contributed by atoms with Crippen molar-refractivity contribution in [2.45, 2.75) is 6.42 Å². The molecule has 0 amide bonds. The van der Waals surface area contributed by atoms with Crippen molar-refractivity contribution in [3.63, 3.8) is 0 Å². The van der Waals surface area contributed by atoms with E-state index in [0.29, 0.717) is 19.6 Å². The lowest BCUT2D eigenvalue weighted by Crippen LogP contribution is -2.15. The van der Waals surface area contributed by atoms with E-state index < -0.39 is 0 Å². The fourth-order valence-corrected chi connectivity index (χ4v) is 2.07. The Bertz CT molecular complexity index is 554. The minimum atomic E-state index is 0.0978.